The van der Waals surface area contributed by atoms with Gasteiger partial charge in [-0.05, 0) is 52.5 Å². The standard InChI is InChI=1S/C18H36N2O/c1-4-17-14-19-18(10-6-5-7-11-18)15-20(17)12-8-9-13-21-16(2)3/h16-17,19H,4-15H2,1-3H3. The van der Waals surface area contributed by atoms with Crippen LogP contribution in [0.25, 0.3) is 0 Å². The Balaban J connectivity index is 1.77. The third kappa shape index (κ3) is 5.22. The number of nitrogens with one attached hydrogen (secondary N) is 1. The predicted octanol–water partition coefficient (Wildman–Crippen LogP) is 3.58. The minimum absolute atomic E-state index is 0.373. The third-order valence-electron chi connectivity index (χ3n) is 5.31. The molecular weight excluding hydrogens is 260 g/mol. The highest BCUT2D eigenvalue weighted by Crippen LogP contribution is 2.32. The van der Waals surface area contributed by atoms with Crippen molar-refractivity contribution < 1.29 is 4.74 Å². The lowest BCUT2D eigenvalue weighted by molar-refractivity contribution is 0.0454. The fourth-order valence-corrected chi connectivity index (χ4v) is 4.00. The highest BCUT2D eigenvalue weighted by molar-refractivity contribution is 4.99. The van der Waals surface area contributed by atoms with Crippen molar-refractivity contribution in [3.8, 4) is 0 Å². The summed E-state index contributed by atoms with van der Waals surface area (Å²) in [5.74, 6) is 0. The van der Waals surface area contributed by atoms with Crippen molar-refractivity contribution >= 4 is 0 Å². The number of nitrogens with zero attached hydrogens (tertiary/aromatic N) is 1. The summed E-state index contributed by atoms with van der Waals surface area (Å²) in [7, 11) is 0. The molecule has 1 atom stereocenters. The zero-order chi connectivity index (χ0) is 15.1. The van der Waals surface area contributed by atoms with Crippen molar-refractivity contribution in [3.05, 3.63) is 0 Å². The Morgan fingerprint density at radius 2 is 1.95 bits per heavy atom. The molecule has 2 rings (SSSR count). The first-order valence-corrected chi connectivity index (χ1v) is 9.26. The maximum atomic E-state index is 5.66. The molecule has 1 saturated carbocycles. The number of ether oxygens (including phenoxy) is 1. The summed E-state index contributed by atoms with van der Waals surface area (Å²) in [5, 5.41) is 3.92. The van der Waals surface area contributed by atoms with Crippen LogP contribution in [0.15, 0.2) is 0 Å². The van der Waals surface area contributed by atoms with Crippen LogP contribution in [-0.2, 0) is 4.74 Å². The zero-order valence-electron chi connectivity index (χ0n) is 14.5. The number of unbranched alkanes of at least 4 members (excludes halogenated alkanes) is 1. The molecule has 2 aliphatic rings. The molecule has 0 bridgehead atoms. The zero-order valence-corrected chi connectivity index (χ0v) is 14.5. The smallest absolute Gasteiger partial charge is 0.0518 e. The fraction of sp³-hybridized carbons (Fsp3) is 1.00. The molecule has 0 amide bonds. The van der Waals surface area contributed by atoms with E-state index in [2.05, 4.69) is 31.0 Å². The monoisotopic (exact) mass is 296 g/mol. The quantitative estimate of drug-likeness (QED) is 0.727. The summed E-state index contributed by atoms with van der Waals surface area (Å²) in [6, 6.07) is 0.739. The second kappa shape index (κ2) is 8.50. The number of rotatable bonds is 7. The van der Waals surface area contributed by atoms with Gasteiger partial charge in [0.05, 0.1) is 6.10 Å². The molecule has 1 aliphatic carbocycles. The fourth-order valence-electron chi connectivity index (χ4n) is 4.00. The summed E-state index contributed by atoms with van der Waals surface area (Å²) in [6.45, 7) is 11.2. The van der Waals surface area contributed by atoms with Crippen LogP contribution in [0.5, 0.6) is 0 Å². The molecule has 0 aromatic heterocycles. The molecule has 21 heavy (non-hydrogen) atoms. The Morgan fingerprint density at radius 1 is 1.19 bits per heavy atom. The van der Waals surface area contributed by atoms with Crippen molar-refractivity contribution in [2.45, 2.75) is 89.8 Å². The molecular formula is C18H36N2O. The van der Waals surface area contributed by atoms with Crippen molar-refractivity contribution in [1.82, 2.24) is 10.2 Å². The van der Waals surface area contributed by atoms with E-state index in [9.17, 15) is 0 Å². The van der Waals surface area contributed by atoms with Crippen molar-refractivity contribution in [2.75, 3.05) is 26.2 Å². The average Bonchev–Trinajstić information content (AvgIpc) is 2.48. The molecule has 1 N–H and O–H groups in total. The van der Waals surface area contributed by atoms with E-state index in [0.717, 1.165) is 12.6 Å². The molecule has 1 heterocycles. The second-order valence-corrected chi connectivity index (χ2v) is 7.38. The van der Waals surface area contributed by atoms with Gasteiger partial charge < -0.3 is 10.1 Å². The van der Waals surface area contributed by atoms with E-state index in [0.29, 0.717) is 11.6 Å². The van der Waals surface area contributed by atoms with E-state index in [1.807, 2.05) is 0 Å². The highest BCUT2D eigenvalue weighted by atomic mass is 16.5. The Morgan fingerprint density at radius 3 is 2.62 bits per heavy atom. The van der Waals surface area contributed by atoms with E-state index in [1.54, 1.807) is 0 Å². The van der Waals surface area contributed by atoms with E-state index in [4.69, 9.17) is 4.74 Å². The molecule has 1 aliphatic heterocycles. The summed E-state index contributed by atoms with van der Waals surface area (Å²) in [4.78, 5) is 2.77. The van der Waals surface area contributed by atoms with Gasteiger partial charge in [0.2, 0.25) is 0 Å². The first-order valence-electron chi connectivity index (χ1n) is 9.26. The van der Waals surface area contributed by atoms with Gasteiger partial charge in [-0.2, -0.15) is 0 Å². The molecule has 0 aromatic rings. The highest BCUT2D eigenvalue weighted by Gasteiger charge is 2.38. The van der Waals surface area contributed by atoms with Gasteiger partial charge in [-0.15, -0.1) is 0 Å². The van der Waals surface area contributed by atoms with Crippen molar-refractivity contribution in [1.29, 1.82) is 0 Å². The number of hydrogen-bond donors (Lipinski definition) is 1. The Hall–Kier alpha value is -0.120. The van der Waals surface area contributed by atoms with Gasteiger partial charge in [0.1, 0.15) is 0 Å². The van der Waals surface area contributed by atoms with Crippen LogP contribution in [0.3, 0.4) is 0 Å². The van der Waals surface area contributed by atoms with Gasteiger partial charge in [-0.1, -0.05) is 26.2 Å². The Kier molecular flexibility index (Phi) is 6.97. The lowest BCUT2D eigenvalue weighted by atomic mass is 9.79. The third-order valence-corrected chi connectivity index (χ3v) is 5.31. The van der Waals surface area contributed by atoms with Crippen molar-refractivity contribution in [2.24, 2.45) is 0 Å². The molecule has 3 nitrogen and oxygen atoms in total. The second-order valence-electron chi connectivity index (χ2n) is 7.38. The van der Waals surface area contributed by atoms with E-state index < -0.39 is 0 Å². The molecule has 0 radical (unpaired) electrons. The molecule has 0 aromatic carbocycles. The maximum Gasteiger partial charge on any atom is 0.0518 e. The summed E-state index contributed by atoms with van der Waals surface area (Å²) in [6.07, 6.45) is 11.2. The van der Waals surface area contributed by atoms with Crippen molar-refractivity contribution in [3.63, 3.8) is 0 Å². The predicted molar refractivity (Wildman–Crippen MR) is 89.8 cm³/mol. The molecule has 2 fully saturated rings. The van der Waals surface area contributed by atoms with Gasteiger partial charge >= 0.3 is 0 Å². The van der Waals surface area contributed by atoms with Gasteiger partial charge in [0, 0.05) is 31.3 Å². The summed E-state index contributed by atoms with van der Waals surface area (Å²) >= 11 is 0. The normalized spacial score (nSPS) is 26.6. The van der Waals surface area contributed by atoms with Crippen LogP contribution in [0.1, 0.15) is 72.1 Å². The topological polar surface area (TPSA) is 24.5 Å². The minimum Gasteiger partial charge on any atom is -0.379 e. The molecule has 1 unspecified atom stereocenters. The minimum atomic E-state index is 0.373. The number of piperazine rings is 1. The van der Waals surface area contributed by atoms with Crippen LogP contribution < -0.4 is 5.32 Å². The molecule has 3 heteroatoms. The van der Waals surface area contributed by atoms with E-state index in [-0.39, 0.29) is 0 Å². The maximum absolute atomic E-state index is 5.66. The van der Waals surface area contributed by atoms with E-state index >= 15 is 0 Å². The average molecular weight is 296 g/mol. The van der Waals surface area contributed by atoms with Crippen LogP contribution in [0.2, 0.25) is 0 Å². The molecule has 124 valence electrons. The van der Waals surface area contributed by atoms with E-state index in [1.165, 1.54) is 71.0 Å². The Bertz CT molecular complexity index is 287. The van der Waals surface area contributed by atoms with Crippen LogP contribution >= 0.6 is 0 Å². The van der Waals surface area contributed by atoms with Gasteiger partial charge in [-0.3, -0.25) is 4.90 Å². The first kappa shape index (κ1) is 17.2. The summed E-state index contributed by atoms with van der Waals surface area (Å²) in [5.41, 5.74) is 0.443. The van der Waals surface area contributed by atoms with Gasteiger partial charge in [0.25, 0.3) is 0 Å². The largest absolute Gasteiger partial charge is 0.379 e. The SMILES string of the molecule is CCC1CNC2(CCCCC2)CN1CCCCOC(C)C. The van der Waals surface area contributed by atoms with Crippen LogP contribution in [0.4, 0.5) is 0 Å². The van der Waals surface area contributed by atoms with Crippen LogP contribution in [0, 0.1) is 0 Å². The lowest BCUT2D eigenvalue weighted by Gasteiger charge is -2.49. The first-order chi connectivity index (χ1) is 10.2. The van der Waals surface area contributed by atoms with Gasteiger partial charge in [0.15, 0.2) is 0 Å². The molecule has 1 saturated heterocycles. The molecule has 1 spiro atoms. The lowest BCUT2D eigenvalue weighted by Crippen LogP contribution is -2.64. The number of hydrogen-bond acceptors (Lipinski definition) is 3. The van der Waals surface area contributed by atoms with Gasteiger partial charge in [-0.25, -0.2) is 0 Å². The van der Waals surface area contributed by atoms with Crippen LogP contribution in [-0.4, -0.2) is 48.8 Å². The Labute approximate surface area is 131 Å². The summed E-state index contributed by atoms with van der Waals surface area (Å²) < 4.78 is 5.66.